The van der Waals surface area contributed by atoms with Crippen LogP contribution in [-0.4, -0.2) is 38.8 Å². The Balaban J connectivity index is 1.68. The maximum absolute atomic E-state index is 12.4. The number of aromatic nitrogens is 1. The van der Waals surface area contributed by atoms with Crippen molar-refractivity contribution < 1.29 is 18.0 Å². The van der Waals surface area contributed by atoms with E-state index in [2.05, 4.69) is 16.4 Å². The summed E-state index contributed by atoms with van der Waals surface area (Å²) >= 11 is 1.54. The van der Waals surface area contributed by atoms with E-state index in [0.29, 0.717) is 5.69 Å². The zero-order chi connectivity index (χ0) is 22.1. The number of thiazole rings is 1. The first kappa shape index (κ1) is 21.7. The lowest BCUT2D eigenvalue weighted by Crippen LogP contribution is -2.30. The lowest BCUT2D eigenvalue weighted by Gasteiger charge is -2.15. The van der Waals surface area contributed by atoms with Gasteiger partial charge in [0.05, 0.1) is 21.7 Å². The van der Waals surface area contributed by atoms with Gasteiger partial charge in [0.1, 0.15) is 0 Å². The summed E-state index contributed by atoms with van der Waals surface area (Å²) in [4.78, 5) is 29.8. The third-order valence-corrected chi connectivity index (χ3v) is 7.12. The number of hydrogen-bond donors (Lipinski definition) is 2. The molecule has 0 aliphatic carbocycles. The van der Waals surface area contributed by atoms with Gasteiger partial charge in [0.2, 0.25) is 11.8 Å². The molecule has 8 nitrogen and oxygen atoms in total. The van der Waals surface area contributed by atoms with E-state index in [4.69, 9.17) is 0 Å². The van der Waals surface area contributed by atoms with Crippen molar-refractivity contribution >= 4 is 54.2 Å². The molecule has 30 heavy (non-hydrogen) atoms. The summed E-state index contributed by atoms with van der Waals surface area (Å²) in [5.74, 6) is -0.932. The number of aryl methyl sites for hydroxylation is 2. The standard InChI is InChI=1S/C20H22N4O4S2/c1-12-5-6-13(2)19-18(12)22-20(29-19)24(4)11-17(26)21-15-7-9-16(10-8-15)30(27,28)23-14(3)25/h5-10H,11H2,1-4H3,(H,21,26)(H,23,25). The highest BCUT2D eigenvalue weighted by molar-refractivity contribution is 7.90. The smallest absolute Gasteiger partial charge is 0.264 e. The number of anilines is 2. The van der Waals surface area contributed by atoms with Crippen molar-refractivity contribution in [3.63, 3.8) is 0 Å². The second kappa shape index (κ2) is 8.41. The van der Waals surface area contributed by atoms with Crippen LogP contribution in [0.4, 0.5) is 10.8 Å². The minimum Gasteiger partial charge on any atom is -0.342 e. The summed E-state index contributed by atoms with van der Waals surface area (Å²) in [5, 5.41) is 3.48. The normalized spacial score (nSPS) is 11.3. The number of carbonyl (C=O) groups is 2. The summed E-state index contributed by atoms with van der Waals surface area (Å²) in [6.45, 7) is 5.25. The monoisotopic (exact) mass is 446 g/mol. The average molecular weight is 447 g/mol. The molecule has 0 atom stereocenters. The fourth-order valence-electron chi connectivity index (χ4n) is 2.86. The van der Waals surface area contributed by atoms with Gasteiger partial charge in [-0.15, -0.1) is 0 Å². The van der Waals surface area contributed by atoms with Gasteiger partial charge < -0.3 is 10.2 Å². The van der Waals surface area contributed by atoms with Crippen molar-refractivity contribution in [1.82, 2.24) is 9.71 Å². The van der Waals surface area contributed by atoms with Crippen molar-refractivity contribution in [2.24, 2.45) is 0 Å². The summed E-state index contributed by atoms with van der Waals surface area (Å²) < 4.78 is 26.9. The largest absolute Gasteiger partial charge is 0.342 e. The molecule has 0 bridgehead atoms. The Hall–Kier alpha value is -2.98. The van der Waals surface area contributed by atoms with Crippen LogP contribution < -0.4 is 14.9 Å². The minimum atomic E-state index is -3.91. The number of nitrogens with one attached hydrogen (secondary N) is 2. The number of carbonyl (C=O) groups excluding carboxylic acids is 2. The molecule has 10 heteroatoms. The Morgan fingerprint density at radius 3 is 2.30 bits per heavy atom. The molecule has 0 spiro atoms. The first-order valence-electron chi connectivity index (χ1n) is 9.08. The predicted octanol–water partition coefficient (Wildman–Crippen LogP) is 2.81. The number of nitrogens with zero attached hydrogens (tertiary/aromatic N) is 2. The van der Waals surface area contributed by atoms with E-state index in [1.165, 1.54) is 35.6 Å². The van der Waals surface area contributed by atoms with Crippen LogP contribution in [-0.2, 0) is 19.6 Å². The highest BCUT2D eigenvalue weighted by atomic mass is 32.2. The maximum atomic E-state index is 12.4. The van der Waals surface area contributed by atoms with Crippen molar-refractivity contribution in [3.8, 4) is 0 Å². The highest BCUT2D eigenvalue weighted by Crippen LogP contribution is 2.32. The number of fused-ring (bicyclic) bond motifs is 1. The number of rotatable bonds is 6. The lowest BCUT2D eigenvalue weighted by molar-refractivity contribution is -0.117. The summed E-state index contributed by atoms with van der Waals surface area (Å²) in [6, 6.07) is 9.67. The molecule has 3 rings (SSSR count). The lowest BCUT2D eigenvalue weighted by atomic mass is 10.1. The molecule has 158 valence electrons. The van der Waals surface area contributed by atoms with E-state index in [1.807, 2.05) is 24.6 Å². The van der Waals surface area contributed by atoms with Gasteiger partial charge in [-0.1, -0.05) is 23.5 Å². The average Bonchev–Trinajstić information content (AvgIpc) is 3.11. The SMILES string of the molecule is CC(=O)NS(=O)(=O)c1ccc(NC(=O)CN(C)c2nc3c(C)ccc(C)c3s2)cc1. The molecule has 1 aromatic heterocycles. The van der Waals surface area contributed by atoms with E-state index < -0.39 is 15.9 Å². The summed E-state index contributed by atoms with van der Waals surface area (Å²) in [6.07, 6.45) is 0. The van der Waals surface area contributed by atoms with E-state index in [9.17, 15) is 18.0 Å². The van der Waals surface area contributed by atoms with Crippen LogP contribution in [0.25, 0.3) is 10.2 Å². The molecule has 1 heterocycles. The molecule has 0 aliphatic rings. The second-order valence-corrected chi connectivity index (χ2v) is 9.62. The molecule has 0 saturated heterocycles. The molecule has 2 aromatic carbocycles. The summed E-state index contributed by atoms with van der Waals surface area (Å²) in [7, 11) is -2.11. The Bertz CT molecular complexity index is 1180. The number of likely N-dealkylation sites (N-methyl/N-ethyl adjacent to an activating group) is 1. The zero-order valence-corrected chi connectivity index (χ0v) is 18.6. The van der Waals surface area contributed by atoms with Gasteiger partial charge in [0, 0.05) is 19.7 Å². The van der Waals surface area contributed by atoms with Crippen LogP contribution in [0.1, 0.15) is 18.1 Å². The number of benzene rings is 2. The first-order valence-corrected chi connectivity index (χ1v) is 11.4. The van der Waals surface area contributed by atoms with Crippen LogP contribution >= 0.6 is 11.3 Å². The van der Waals surface area contributed by atoms with Crippen LogP contribution in [0.2, 0.25) is 0 Å². The topological polar surface area (TPSA) is 108 Å². The number of sulfonamides is 1. The van der Waals surface area contributed by atoms with Crippen LogP contribution in [0.5, 0.6) is 0 Å². The van der Waals surface area contributed by atoms with Gasteiger partial charge in [-0.3, -0.25) is 9.59 Å². The molecule has 0 aliphatic heterocycles. The highest BCUT2D eigenvalue weighted by Gasteiger charge is 2.17. The Morgan fingerprint density at radius 1 is 1.07 bits per heavy atom. The molecule has 3 aromatic rings. The van der Waals surface area contributed by atoms with E-state index in [-0.39, 0.29) is 17.3 Å². The van der Waals surface area contributed by atoms with Gasteiger partial charge in [-0.25, -0.2) is 18.1 Å². The molecule has 2 amide bonds. The van der Waals surface area contributed by atoms with Crippen LogP contribution in [0.3, 0.4) is 0 Å². The van der Waals surface area contributed by atoms with Crippen LogP contribution in [0.15, 0.2) is 41.3 Å². The fraction of sp³-hybridized carbons (Fsp3) is 0.250. The molecule has 2 N–H and O–H groups in total. The van der Waals surface area contributed by atoms with Crippen molar-refractivity contribution in [2.45, 2.75) is 25.7 Å². The summed E-state index contributed by atoms with van der Waals surface area (Å²) in [5.41, 5.74) is 3.63. The van der Waals surface area contributed by atoms with E-state index >= 15 is 0 Å². The van der Waals surface area contributed by atoms with Crippen molar-refractivity contribution in [1.29, 1.82) is 0 Å². The second-order valence-electron chi connectivity index (χ2n) is 6.96. The van der Waals surface area contributed by atoms with Crippen molar-refractivity contribution in [3.05, 3.63) is 47.5 Å². The predicted molar refractivity (Wildman–Crippen MR) is 118 cm³/mol. The third-order valence-electron chi connectivity index (χ3n) is 4.36. The fourth-order valence-corrected chi connectivity index (χ4v) is 4.92. The van der Waals surface area contributed by atoms with Gasteiger partial charge in [-0.2, -0.15) is 0 Å². The van der Waals surface area contributed by atoms with E-state index in [1.54, 1.807) is 11.9 Å². The van der Waals surface area contributed by atoms with Gasteiger partial charge in [0.15, 0.2) is 5.13 Å². The Kier molecular flexibility index (Phi) is 6.09. The van der Waals surface area contributed by atoms with Gasteiger partial charge >= 0.3 is 0 Å². The Morgan fingerprint density at radius 2 is 1.70 bits per heavy atom. The van der Waals surface area contributed by atoms with E-state index in [0.717, 1.165) is 33.4 Å². The zero-order valence-electron chi connectivity index (χ0n) is 17.0. The van der Waals surface area contributed by atoms with Crippen LogP contribution in [0, 0.1) is 13.8 Å². The number of hydrogen-bond acceptors (Lipinski definition) is 7. The molecule has 0 unspecified atom stereocenters. The van der Waals surface area contributed by atoms with Gasteiger partial charge in [0.25, 0.3) is 10.0 Å². The molecular formula is C20H22N4O4S2. The number of amides is 2. The quantitative estimate of drug-likeness (QED) is 0.603. The third kappa shape index (κ3) is 4.77. The minimum absolute atomic E-state index is 0.0620. The van der Waals surface area contributed by atoms with Gasteiger partial charge in [-0.05, 0) is 49.2 Å². The Labute approximate surface area is 179 Å². The van der Waals surface area contributed by atoms with Crippen molar-refractivity contribution in [2.75, 3.05) is 23.8 Å². The molecular weight excluding hydrogens is 424 g/mol. The molecule has 0 saturated carbocycles. The molecule has 0 fully saturated rings. The maximum Gasteiger partial charge on any atom is 0.264 e. The first-order chi connectivity index (χ1) is 14.1. The molecule has 0 radical (unpaired) electrons.